The summed E-state index contributed by atoms with van der Waals surface area (Å²) in [5.74, 6) is -0.725. The number of halogens is 4. The average Bonchev–Trinajstić information content (AvgIpc) is 3.49. The highest BCUT2D eigenvalue weighted by Gasteiger charge is 2.33. The van der Waals surface area contributed by atoms with E-state index in [-0.39, 0.29) is 17.7 Å². The SMILES string of the molecule is CC(Sc1nnc(-c2ccccc2F)n1C1CC1)C(=O)Nc1ccc(OC(F)(F)F)cc1. The van der Waals surface area contributed by atoms with Crippen LogP contribution in [0, 0.1) is 5.82 Å². The Morgan fingerprint density at radius 2 is 1.84 bits per heavy atom. The molecule has 1 aromatic heterocycles. The Bertz CT molecular complexity index is 1110. The number of benzene rings is 2. The number of thioether (sulfide) groups is 1. The highest BCUT2D eigenvalue weighted by molar-refractivity contribution is 8.00. The van der Waals surface area contributed by atoms with E-state index in [1.807, 2.05) is 4.57 Å². The summed E-state index contributed by atoms with van der Waals surface area (Å²) >= 11 is 1.18. The van der Waals surface area contributed by atoms with Crippen molar-refractivity contribution in [3.8, 4) is 17.1 Å². The molecule has 0 aliphatic heterocycles. The van der Waals surface area contributed by atoms with E-state index in [1.165, 1.54) is 30.0 Å². The van der Waals surface area contributed by atoms with Gasteiger partial charge in [0.05, 0.1) is 10.8 Å². The number of carbonyl (C=O) groups excluding carboxylic acids is 1. The van der Waals surface area contributed by atoms with Gasteiger partial charge in [-0.1, -0.05) is 23.9 Å². The fourth-order valence-corrected chi connectivity index (χ4v) is 3.96. The average molecular weight is 466 g/mol. The van der Waals surface area contributed by atoms with Gasteiger partial charge in [0.1, 0.15) is 11.6 Å². The summed E-state index contributed by atoms with van der Waals surface area (Å²) < 4.78 is 56.7. The third-order valence-electron chi connectivity index (χ3n) is 4.70. The van der Waals surface area contributed by atoms with Crippen molar-refractivity contribution in [2.75, 3.05) is 5.32 Å². The molecular weight excluding hydrogens is 448 g/mol. The number of alkyl halides is 3. The Hall–Kier alpha value is -3.08. The summed E-state index contributed by atoms with van der Waals surface area (Å²) in [7, 11) is 0. The quantitative estimate of drug-likeness (QED) is 0.371. The van der Waals surface area contributed by atoms with Crippen LogP contribution in [0.25, 0.3) is 11.4 Å². The highest BCUT2D eigenvalue weighted by atomic mass is 32.2. The smallest absolute Gasteiger partial charge is 0.406 e. The lowest BCUT2D eigenvalue weighted by Gasteiger charge is -2.14. The molecule has 1 aliphatic rings. The highest BCUT2D eigenvalue weighted by Crippen LogP contribution is 2.42. The molecule has 6 nitrogen and oxygen atoms in total. The number of carbonyl (C=O) groups is 1. The number of nitrogens with one attached hydrogen (secondary N) is 1. The minimum Gasteiger partial charge on any atom is -0.406 e. The van der Waals surface area contributed by atoms with Crippen LogP contribution in [0.15, 0.2) is 53.7 Å². The maximum absolute atomic E-state index is 14.3. The summed E-state index contributed by atoms with van der Waals surface area (Å²) in [6, 6.07) is 11.3. The van der Waals surface area contributed by atoms with E-state index < -0.39 is 17.4 Å². The molecule has 11 heteroatoms. The van der Waals surface area contributed by atoms with Crippen LogP contribution in [-0.2, 0) is 4.79 Å². The Morgan fingerprint density at radius 1 is 1.16 bits per heavy atom. The zero-order valence-electron chi connectivity index (χ0n) is 16.8. The first-order valence-electron chi connectivity index (χ1n) is 9.74. The lowest BCUT2D eigenvalue weighted by Crippen LogP contribution is -2.23. The van der Waals surface area contributed by atoms with E-state index in [0.717, 1.165) is 25.0 Å². The number of amides is 1. The number of ether oxygens (including phenoxy) is 1. The van der Waals surface area contributed by atoms with Gasteiger partial charge in [0.2, 0.25) is 5.91 Å². The molecule has 2 aromatic carbocycles. The maximum Gasteiger partial charge on any atom is 0.573 e. The molecule has 168 valence electrons. The minimum atomic E-state index is -4.78. The van der Waals surface area contributed by atoms with E-state index in [9.17, 15) is 22.4 Å². The number of nitrogens with zero attached hydrogens (tertiary/aromatic N) is 3. The summed E-state index contributed by atoms with van der Waals surface area (Å²) in [6.07, 6.45) is -2.95. The molecule has 0 saturated heterocycles. The van der Waals surface area contributed by atoms with Gasteiger partial charge in [-0.05, 0) is 56.2 Å². The zero-order chi connectivity index (χ0) is 22.9. The van der Waals surface area contributed by atoms with E-state index in [2.05, 4.69) is 20.3 Å². The Kier molecular flexibility index (Phi) is 6.09. The molecule has 4 rings (SSSR count). The van der Waals surface area contributed by atoms with Gasteiger partial charge in [0, 0.05) is 11.7 Å². The van der Waals surface area contributed by atoms with Gasteiger partial charge in [-0.25, -0.2) is 4.39 Å². The van der Waals surface area contributed by atoms with Crippen molar-refractivity contribution in [2.45, 2.75) is 42.6 Å². The third-order valence-corrected chi connectivity index (χ3v) is 5.75. The Labute approximate surface area is 185 Å². The molecule has 3 aromatic rings. The largest absolute Gasteiger partial charge is 0.573 e. The monoisotopic (exact) mass is 466 g/mol. The minimum absolute atomic E-state index is 0.151. The molecule has 0 radical (unpaired) electrons. The summed E-state index contributed by atoms with van der Waals surface area (Å²) in [6.45, 7) is 1.68. The van der Waals surface area contributed by atoms with Gasteiger partial charge in [0.25, 0.3) is 0 Å². The predicted octanol–water partition coefficient (Wildman–Crippen LogP) is 5.44. The van der Waals surface area contributed by atoms with Crippen LogP contribution < -0.4 is 10.1 Å². The number of hydrogen-bond donors (Lipinski definition) is 1. The first kappa shape index (κ1) is 22.1. The van der Waals surface area contributed by atoms with Crippen LogP contribution >= 0.6 is 11.8 Å². The zero-order valence-corrected chi connectivity index (χ0v) is 17.6. The van der Waals surface area contributed by atoms with Crippen LogP contribution in [0.2, 0.25) is 0 Å². The van der Waals surface area contributed by atoms with Crippen LogP contribution in [0.1, 0.15) is 25.8 Å². The second kappa shape index (κ2) is 8.81. The molecule has 1 amide bonds. The Morgan fingerprint density at radius 3 is 2.47 bits per heavy atom. The van der Waals surface area contributed by atoms with Crippen LogP contribution in [0.5, 0.6) is 5.75 Å². The molecule has 0 spiro atoms. The van der Waals surface area contributed by atoms with Crippen molar-refractivity contribution < 1.29 is 27.1 Å². The fourth-order valence-electron chi connectivity index (χ4n) is 3.04. The molecule has 1 saturated carbocycles. The summed E-state index contributed by atoms with van der Waals surface area (Å²) in [4.78, 5) is 12.6. The van der Waals surface area contributed by atoms with E-state index in [0.29, 0.717) is 22.2 Å². The molecule has 1 aliphatic carbocycles. The van der Waals surface area contributed by atoms with Crippen LogP contribution in [0.3, 0.4) is 0 Å². The van der Waals surface area contributed by atoms with Gasteiger partial charge < -0.3 is 10.1 Å². The molecule has 1 atom stereocenters. The van der Waals surface area contributed by atoms with Crippen molar-refractivity contribution >= 4 is 23.4 Å². The standard InChI is InChI=1S/C21H18F4N4O2S/c1-12(19(30)26-13-6-10-15(11-7-13)31-21(23,24)25)32-20-28-27-18(29(20)14-8-9-14)16-4-2-3-5-17(16)22/h2-7,10-12,14H,8-9H2,1H3,(H,26,30). The van der Waals surface area contributed by atoms with Crippen LogP contribution in [-0.4, -0.2) is 32.3 Å². The second-order valence-corrected chi connectivity index (χ2v) is 8.52. The first-order chi connectivity index (χ1) is 15.2. The first-order valence-corrected chi connectivity index (χ1v) is 10.6. The predicted molar refractivity (Wildman–Crippen MR) is 111 cm³/mol. The lowest BCUT2D eigenvalue weighted by molar-refractivity contribution is -0.274. The van der Waals surface area contributed by atoms with Crippen molar-refractivity contribution in [2.24, 2.45) is 0 Å². The molecular formula is C21H18F4N4O2S. The number of anilines is 1. The normalized spacial score (nSPS) is 14.8. The summed E-state index contributed by atoms with van der Waals surface area (Å²) in [5.41, 5.74) is 0.671. The maximum atomic E-state index is 14.3. The lowest BCUT2D eigenvalue weighted by atomic mass is 10.2. The van der Waals surface area contributed by atoms with E-state index >= 15 is 0 Å². The van der Waals surface area contributed by atoms with E-state index in [4.69, 9.17) is 0 Å². The van der Waals surface area contributed by atoms with Gasteiger partial charge in [-0.2, -0.15) is 0 Å². The molecule has 32 heavy (non-hydrogen) atoms. The van der Waals surface area contributed by atoms with Gasteiger partial charge in [-0.15, -0.1) is 23.4 Å². The fraction of sp³-hybridized carbons (Fsp3) is 0.286. The second-order valence-electron chi connectivity index (χ2n) is 7.21. The molecule has 1 unspecified atom stereocenters. The number of hydrogen-bond acceptors (Lipinski definition) is 5. The number of aromatic nitrogens is 3. The topological polar surface area (TPSA) is 69.0 Å². The molecule has 1 heterocycles. The molecule has 1 fully saturated rings. The third kappa shape index (κ3) is 5.21. The number of rotatable bonds is 7. The van der Waals surface area contributed by atoms with Crippen molar-refractivity contribution in [1.82, 2.24) is 14.8 Å². The Balaban J connectivity index is 1.45. The molecule has 1 N–H and O–H groups in total. The van der Waals surface area contributed by atoms with Crippen molar-refractivity contribution in [3.05, 3.63) is 54.3 Å². The van der Waals surface area contributed by atoms with Gasteiger partial charge in [-0.3, -0.25) is 9.36 Å². The molecule has 0 bridgehead atoms. The van der Waals surface area contributed by atoms with Crippen LogP contribution in [0.4, 0.5) is 23.2 Å². The van der Waals surface area contributed by atoms with Crippen molar-refractivity contribution in [1.29, 1.82) is 0 Å². The van der Waals surface area contributed by atoms with Gasteiger partial charge >= 0.3 is 6.36 Å². The van der Waals surface area contributed by atoms with Crippen molar-refractivity contribution in [3.63, 3.8) is 0 Å². The summed E-state index contributed by atoms with van der Waals surface area (Å²) in [5, 5.41) is 10.9. The van der Waals surface area contributed by atoms with Gasteiger partial charge in [0.15, 0.2) is 11.0 Å². The van der Waals surface area contributed by atoms with E-state index in [1.54, 1.807) is 25.1 Å².